The highest BCUT2D eigenvalue weighted by atomic mass is 32.1. The fourth-order valence-corrected chi connectivity index (χ4v) is 8.61. The standard InChI is InChI=1S/C42H25NS/c1-2-12-30-28(10-1)29-11-3-4-13-31(29)36-24-26(20-22-32(30)36)27-21-23-39-37(25-27)33-14-5-7-17-38(33)43(39)40-18-9-16-35-34-15-6-8-19-41(34)44-42(35)40/h1-25H. The molecule has 0 spiro atoms. The summed E-state index contributed by atoms with van der Waals surface area (Å²) in [6.07, 6.45) is 0. The Morgan fingerprint density at radius 2 is 0.864 bits per heavy atom. The first-order valence-electron chi connectivity index (χ1n) is 15.1. The molecule has 0 N–H and O–H groups in total. The fraction of sp³-hybridized carbons (Fsp3) is 0. The van der Waals surface area contributed by atoms with Crippen LogP contribution in [0, 0.1) is 0 Å². The minimum Gasteiger partial charge on any atom is -0.308 e. The molecule has 2 heteroatoms. The molecule has 8 aromatic carbocycles. The van der Waals surface area contributed by atoms with E-state index in [0.29, 0.717) is 0 Å². The van der Waals surface area contributed by atoms with Crippen LogP contribution in [0.3, 0.4) is 0 Å². The molecule has 0 saturated carbocycles. The predicted octanol–water partition coefficient (Wildman–Crippen LogP) is 12.3. The lowest BCUT2D eigenvalue weighted by Crippen LogP contribution is -1.93. The lowest BCUT2D eigenvalue weighted by atomic mass is 9.92. The number of benzene rings is 8. The number of hydrogen-bond acceptors (Lipinski definition) is 1. The van der Waals surface area contributed by atoms with E-state index in [1.165, 1.54) is 91.1 Å². The Balaban J connectivity index is 1.23. The van der Waals surface area contributed by atoms with Gasteiger partial charge in [0.05, 0.1) is 21.4 Å². The van der Waals surface area contributed by atoms with Gasteiger partial charge in [-0.2, -0.15) is 0 Å². The number of para-hydroxylation sites is 1. The summed E-state index contributed by atoms with van der Waals surface area (Å²) in [7, 11) is 0. The third-order valence-electron chi connectivity index (χ3n) is 9.37. The highest BCUT2D eigenvalue weighted by Gasteiger charge is 2.17. The van der Waals surface area contributed by atoms with Crippen molar-refractivity contribution in [3.63, 3.8) is 0 Å². The summed E-state index contributed by atoms with van der Waals surface area (Å²) in [6, 6.07) is 55.9. The molecule has 1 nitrogen and oxygen atoms in total. The SMILES string of the molecule is c1ccc2c(c1)sc1c(-n3c4ccccc4c4cc(-c5ccc6c7ccccc7c7ccccc7c6c5)ccc43)cccc12. The lowest BCUT2D eigenvalue weighted by molar-refractivity contribution is 1.20. The van der Waals surface area contributed by atoms with Gasteiger partial charge in [0.15, 0.2) is 0 Å². The molecule has 0 bridgehead atoms. The highest BCUT2D eigenvalue weighted by Crippen LogP contribution is 2.42. The van der Waals surface area contributed by atoms with E-state index < -0.39 is 0 Å². The van der Waals surface area contributed by atoms with Crippen molar-refractivity contribution in [3.05, 3.63) is 152 Å². The average molecular weight is 576 g/mol. The molecule has 0 atom stereocenters. The number of hydrogen-bond donors (Lipinski definition) is 0. The highest BCUT2D eigenvalue weighted by molar-refractivity contribution is 7.26. The number of fused-ring (bicyclic) bond motifs is 12. The summed E-state index contributed by atoms with van der Waals surface area (Å²) in [5.74, 6) is 0. The summed E-state index contributed by atoms with van der Waals surface area (Å²) in [5, 5.41) is 13.0. The summed E-state index contributed by atoms with van der Waals surface area (Å²) < 4.78 is 5.12. The molecule has 0 radical (unpaired) electrons. The molecule has 204 valence electrons. The minimum absolute atomic E-state index is 1.23. The van der Waals surface area contributed by atoms with Crippen molar-refractivity contribution < 1.29 is 0 Å². The molecular formula is C42H25NS. The largest absolute Gasteiger partial charge is 0.308 e. The monoisotopic (exact) mass is 575 g/mol. The second-order valence-electron chi connectivity index (χ2n) is 11.7. The summed E-state index contributed by atoms with van der Waals surface area (Å²) in [4.78, 5) is 0. The maximum atomic E-state index is 2.46. The first kappa shape index (κ1) is 24.0. The Hall–Kier alpha value is -5.44. The fourth-order valence-electron chi connectivity index (χ4n) is 7.41. The van der Waals surface area contributed by atoms with Gasteiger partial charge in [-0.25, -0.2) is 0 Å². The molecule has 0 aliphatic rings. The summed E-state index contributed by atoms with van der Waals surface area (Å²) in [6.45, 7) is 0. The number of thiophene rings is 1. The van der Waals surface area contributed by atoms with E-state index in [1.54, 1.807) is 0 Å². The van der Waals surface area contributed by atoms with Crippen molar-refractivity contribution in [3.8, 4) is 16.8 Å². The molecule has 2 aromatic heterocycles. The number of nitrogens with zero attached hydrogens (tertiary/aromatic N) is 1. The van der Waals surface area contributed by atoms with E-state index >= 15 is 0 Å². The van der Waals surface area contributed by atoms with E-state index in [2.05, 4.69) is 156 Å². The van der Waals surface area contributed by atoms with Crippen LogP contribution < -0.4 is 0 Å². The van der Waals surface area contributed by atoms with Gasteiger partial charge < -0.3 is 4.57 Å². The van der Waals surface area contributed by atoms with Crippen LogP contribution >= 0.6 is 11.3 Å². The smallest absolute Gasteiger partial charge is 0.0640 e. The summed E-state index contributed by atoms with van der Waals surface area (Å²) in [5.41, 5.74) is 6.19. The van der Waals surface area contributed by atoms with E-state index in [1.807, 2.05) is 11.3 Å². The zero-order chi connectivity index (χ0) is 28.8. The maximum absolute atomic E-state index is 2.46. The third kappa shape index (κ3) is 3.29. The van der Waals surface area contributed by atoms with Crippen LogP contribution in [0.5, 0.6) is 0 Å². The quantitative estimate of drug-likeness (QED) is 0.181. The van der Waals surface area contributed by atoms with Crippen LogP contribution in [0.2, 0.25) is 0 Å². The lowest BCUT2D eigenvalue weighted by Gasteiger charge is -2.12. The van der Waals surface area contributed by atoms with Crippen molar-refractivity contribution in [2.75, 3.05) is 0 Å². The Morgan fingerprint density at radius 1 is 0.341 bits per heavy atom. The molecule has 0 aliphatic heterocycles. The third-order valence-corrected chi connectivity index (χ3v) is 10.6. The Morgan fingerprint density at radius 3 is 1.61 bits per heavy atom. The molecule has 0 aliphatic carbocycles. The average Bonchev–Trinajstić information content (AvgIpc) is 3.64. The zero-order valence-electron chi connectivity index (χ0n) is 23.8. The van der Waals surface area contributed by atoms with Crippen molar-refractivity contribution in [1.82, 2.24) is 4.57 Å². The van der Waals surface area contributed by atoms with Gasteiger partial charge in [-0.05, 0) is 79.8 Å². The van der Waals surface area contributed by atoms with Crippen molar-refractivity contribution >= 4 is 85.6 Å². The Kier molecular flexibility index (Phi) is 4.94. The second kappa shape index (κ2) is 9.03. The van der Waals surface area contributed by atoms with Crippen LogP contribution in [0.1, 0.15) is 0 Å². The van der Waals surface area contributed by atoms with Gasteiger partial charge in [-0.1, -0.05) is 115 Å². The first-order chi connectivity index (χ1) is 21.8. The molecule has 44 heavy (non-hydrogen) atoms. The van der Waals surface area contributed by atoms with E-state index in [4.69, 9.17) is 0 Å². The minimum atomic E-state index is 1.23. The van der Waals surface area contributed by atoms with Crippen LogP contribution in [-0.4, -0.2) is 4.57 Å². The first-order valence-corrected chi connectivity index (χ1v) is 15.9. The van der Waals surface area contributed by atoms with E-state index in [9.17, 15) is 0 Å². The van der Waals surface area contributed by atoms with Crippen molar-refractivity contribution in [2.45, 2.75) is 0 Å². The Labute approximate surface area is 257 Å². The van der Waals surface area contributed by atoms with Crippen LogP contribution in [0.25, 0.3) is 91.1 Å². The maximum Gasteiger partial charge on any atom is 0.0640 e. The number of aromatic nitrogens is 1. The second-order valence-corrected chi connectivity index (χ2v) is 12.7. The number of rotatable bonds is 2. The van der Waals surface area contributed by atoms with Gasteiger partial charge in [-0.15, -0.1) is 11.3 Å². The van der Waals surface area contributed by atoms with Crippen LogP contribution in [0.15, 0.2) is 152 Å². The molecule has 2 heterocycles. The molecule has 0 saturated heterocycles. The molecule has 0 amide bonds. The normalized spacial score (nSPS) is 12.1. The molecular weight excluding hydrogens is 551 g/mol. The van der Waals surface area contributed by atoms with Gasteiger partial charge in [0.25, 0.3) is 0 Å². The molecule has 0 unspecified atom stereocenters. The van der Waals surface area contributed by atoms with Crippen molar-refractivity contribution in [1.29, 1.82) is 0 Å². The van der Waals surface area contributed by atoms with Gasteiger partial charge in [0, 0.05) is 26.2 Å². The zero-order valence-corrected chi connectivity index (χ0v) is 24.6. The Bertz CT molecular complexity index is 2740. The van der Waals surface area contributed by atoms with E-state index in [-0.39, 0.29) is 0 Å². The van der Waals surface area contributed by atoms with E-state index in [0.717, 1.165) is 0 Å². The predicted molar refractivity (Wildman–Crippen MR) is 192 cm³/mol. The van der Waals surface area contributed by atoms with Gasteiger partial charge in [-0.3, -0.25) is 0 Å². The van der Waals surface area contributed by atoms with Crippen LogP contribution in [0.4, 0.5) is 0 Å². The summed E-state index contributed by atoms with van der Waals surface area (Å²) >= 11 is 1.89. The molecule has 10 aromatic rings. The molecule has 0 fully saturated rings. The van der Waals surface area contributed by atoms with Gasteiger partial charge in [0.2, 0.25) is 0 Å². The van der Waals surface area contributed by atoms with Crippen LogP contribution in [-0.2, 0) is 0 Å². The van der Waals surface area contributed by atoms with Crippen molar-refractivity contribution in [2.24, 2.45) is 0 Å². The van der Waals surface area contributed by atoms with Gasteiger partial charge >= 0.3 is 0 Å². The topological polar surface area (TPSA) is 4.93 Å². The van der Waals surface area contributed by atoms with Gasteiger partial charge in [0.1, 0.15) is 0 Å². The molecule has 10 rings (SSSR count).